The summed E-state index contributed by atoms with van der Waals surface area (Å²) >= 11 is 0. The molecule has 0 atom stereocenters. The van der Waals surface area contributed by atoms with Crippen molar-refractivity contribution in [2.75, 3.05) is 35.2 Å². The summed E-state index contributed by atoms with van der Waals surface area (Å²) in [4.78, 5) is 0. The standard InChI is InChI=1S/C9H13NO.C2H6N.Y/c1-10(2,3)8-5-4-6-9(11)7-8;1-3-2;/h4-7H,1-3H3;1-2H3;/q;-1;/p+1. The Labute approximate surface area is 118 Å². The summed E-state index contributed by atoms with van der Waals surface area (Å²) in [5, 5.41) is 12.7. The summed E-state index contributed by atoms with van der Waals surface area (Å²) in [6, 6.07) is 7.31. The van der Waals surface area contributed by atoms with E-state index in [4.69, 9.17) is 5.11 Å². The molecule has 1 aromatic carbocycles. The van der Waals surface area contributed by atoms with Gasteiger partial charge in [-0.15, -0.1) is 0 Å². The molecule has 0 aliphatic carbocycles. The zero-order valence-corrected chi connectivity index (χ0v) is 13.1. The molecule has 1 aromatic rings. The third-order valence-corrected chi connectivity index (χ3v) is 1.60. The van der Waals surface area contributed by atoms with Gasteiger partial charge in [-0.3, -0.25) is 4.48 Å². The van der Waals surface area contributed by atoms with Gasteiger partial charge >= 0.3 is 0 Å². The molecular formula is C11H20N2OY. The van der Waals surface area contributed by atoms with E-state index in [0.717, 1.165) is 10.2 Å². The van der Waals surface area contributed by atoms with Crippen molar-refractivity contribution in [1.82, 2.24) is 4.48 Å². The van der Waals surface area contributed by atoms with Crippen LogP contribution in [0, 0.1) is 0 Å². The fourth-order valence-electron chi connectivity index (χ4n) is 0.910. The van der Waals surface area contributed by atoms with Crippen LogP contribution in [0.15, 0.2) is 24.3 Å². The first kappa shape index (κ1) is 17.4. The molecule has 0 spiro atoms. The number of benzene rings is 1. The average Bonchev–Trinajstić information content (AvgIpc) is 2.04. The van der Waals surface area contributed by atoms with Crippen LogP contribution in [-0.2, 0) is 32.7 Å². The maximum Gasteiger partial charge on any atom is 0.135 e. The summed E-state index contributed by atoms with van der Waals surface area (Å²) in [5.41, 5.74) is 1.10. The van der Waals surface area contributed by atoms with Crippen molar-refractivity contribution < 1.29 is 37.8 Å². The summed E-state index contributed by atoms with van der Waals surface area (Å²) in [7, 11) is 9.69. The topological polar surface area (TPSA) is 34.3 Å². The fourth-order valence-corrected chi connectivity index (χ4v) is 0.910. The molecule has 0 unspecified atom stereocenters. The maximum absolute atomic E-state index is 9.17. The minimum absolute atomic E-state index is 0. The van der Waals surface area contributed by atoms with Gasteiger partial charge in [-0.25, -0.2) is 0 Å². The molecule has 1 N–H and O–H groups in total. The van der Waals surface area contributed by atoms with Crippen LogP contribution >= 0.6 is 0 Å². The zero-order chi connectivity index (χ0) is 11.2. The van der Waals surface area contributed by atoms with E-state index in [9.17, 15) is 0 Å². The number of aromatic hydroxyl groups is 1. The van der Waals surface area contributed by atoms with Crippen molar-refractivity contribution in [3.05, 3.63) is 29.6 Å². The first-order valence-corrected chi connectivity index (χ1v) is 4.50. The van der Waals surface area contributed by atoms with E-state index in [0.29, 0.717) is 5.75 Å². The second kappa shape index (κ2) is 8.23. The SMILES string of the molecule is C[N+](C)(C)c1cccc(O)c1.C[N-]C.[Y]. The van der Waals surface area contributed by atoms with Gasteiger partial charge in [0.2, 0.25) is 0 Å². The predicted molar refractivity (Wildman–Crippen MR) is 62.9 cm³/mol. The van der Waals surface area contributed by atoms with Gasteiger partial charge in [0.05, 0.1) is 21.1 Å². The van der Waals surface area contributed by atoms with E-state index in [1.165, 1.54) is 0 Å². The van der Waals surface area contributed by atoms with E-state index in [2.05, 4.69) is 26.5 Å². The quantitative estimate of drug-likeness (QED) is 0.789. The van der Waals surface area contributed by atoms with Crippen molar-refractivity contribution in [2.45, 2.75) is 0 Å². The Bertz CT molecular complexity index is 272. The largest absolute Gasteiger partial charge is 0.668 e. The molecule has 1 rings (SSSR count). The van der Waals surface area contributed by atoms with Crippen LogP contribution in [0.5, 0.6) is 5.75 Å². The van der Waals surface area contributed by atoms with Crippen molar-refractivity contribution >= 4 is 5.69 Å². The third-order valence-electron chi connectivity index (χ3n) is 1.60. The maximum atomic E-state index is 9.17. The molecule has 0 amide bonds. The van der Waals surface area contributed by atoms with Crippen molar-refractivity contribution in [3.63, 3.8) is 0 Å². The first-order chi connectivity index (χ1) is 6.41. The Morgan fingerprint density at radius 1 is 1.13 bits per heavy atom. The number of phenols is 1. The Hall–Kier alpha value is 0.0439. The van der Waals surface area contributed by atoms with E-state index >= 15 is 0 Å². The molecule has 0 aromatic heterocycles. The number of hydrogen-bond acceptors (Lipinski definition) is 1. The van der Waals surface area contributed by atoms with Crippen molar-refractivity contribution in [3.8, 4) is 5.75 Å². The number of quaternary nitrogens is 1. The van der Waals surface area contributed by atoms with Gasteiger partial charge in [0.25, 0.3) is 0 Å². The second-order valence-electron chi connectivity index (χ2n) is 3.98. The molecule has 15 heavy (non-hydrogen) atoms. The summed E-state index contributed by atoms with van der Waals surface area (Å²) in [6.45, 7) is 0. The minimum atomic E-state index is 0. The number of phenolic OH excluding ortho intramolecular Hbond substituents is 1. The number of rotatable bonds is 1. The Balaban J connectivity index is 0. The predicted octanol–water partition coefficient (Wildman–Crippen LogP) is 2.21. The average molecular weight is 285 g/mol. The smallest absolute Gasteiger partial charge is 0.135 e. The van der Waals surface area contributed by atoms with Gasteiger partial charge in [-0.05, 0) is 12.1 Å². The minimum Gasteiger partial charge on any atom is -0.668 e. The van der Waals surface area contributed by atoms with E-state index in [1.807, 2.05) is 12.1 Å². The van der Waals surface area contributed by atoms with E-state index in [-0.39, 0.29) is 32.7 Å². The number of hydrogen-bond donors (Lipinski definition) is 1. The van der Waals surface area contributed by atoms with Crippen LogP contribution < -0.4 is 4.48 Å². The molecule has 0 saturated carbocycles. The van der Waals surface area contributed by atoms with Crippen LogP contribution in [0.25, 0.3) is 5.32 Å². The molecule has 0 aliphatic rings. The van der Waals surface area contributed by atoms with Gasteiger partial charge in [-0.1, -0.05) is 6.07 Å². The first-order valence-electron chi connectivity index (χ1n) is 4.50. The normalized spacial score (nSPS) is 9.67. The van der Waals surface area contributed by atoms with Gasteiger partial charge in [0, 0.05) is 38.8 Å². The molecule has 4 heteroatoms. The number of nitrogens with zero attached hydrogens (tertiary/aromatic N) is 2. The molecule has 1 radical (unpaired) electrons. The van der Waals surface area contributed by atoms with Crippen LogP contribution in [0.3, 0.4) is 0 Å². The molecule has 0 aliphatic heterocycles. The Kier molecular flexibility index (Phi) is 9.56. The van der Waals surface area contributed by atoms with Crippen LogP contribution in [0.2, 0.25) is 0 Å². The fraction of sp³-hybridized carbons (Fsp3) is 0.455. The van der Waals surface area contributed by atoms with Gasteiger partial charge in [-0.2, -0.15) is 14.1 Å². The summed E-state index contributed by atoms with van der Waals surface area (Å²) < 4.78 is 0.731. The molecule has 0 saturated heterocycles. The summed E-state index contributed by atoms with van der Waals surface area (Å²) in [6.07, 6.45) is 0. The third kappa shape index (κ3) is 7.91. The van der Waals surface area contributed by atoms with Gasteiger partial charge in [0.15, 0.2) is 0 Å². The van der Waals surface area contributed by atoms with E-state index < -0.39 is 0 Å². The monoisotopic (exact) mass is 285 g/mol. The second-order valence-corrected chi connectivity index (χ2v) is 3.98. The molecule has 3 nitrogen and oxygen atoms in total. The van der Waals surface area contributed by atoms with Gasteiger partial charge in [0.1, 0.15) is 11.4 Å². The molecule has 83 valence electrons. The van der Waals surface area contributed by atoms with E-state index in [1.54, 1.807) is 26.2 Å². The Morgan fingerprint density at radius 2 is 1.60 bits per heavy atom. The van der Waals surface area contributed by atoms with Crippen LogP contribution in [0.1, 0.15) is 0 Å². The summed E-state index contributed by atoms with van der Waals surface area (Å²) in [5.74, 6) is 0.329. The van der Waals surface area contributed by atoms with Crippen molar-refractivity contribution in [2.24, 2.45) is 0 Å². The van der Waals surface area contributed by atoms with Crippen LogP contribution in [-0.4, -0.2) is 40.3 Å². The van der Waals surface area contributed by atoms with Crippen LogP contribution in [0.4, 0.5) is 5.69 Å². The molecule has 0 heterocycles. The molecular weight excluding hydrogens is 265 g/mol. The van der Waals surface area contributed by atoms with Gasteiger partial charge < -0.3 is 10.4 Å². The Morgan fingerprint density at radius 3 is 1.87 bits per heavy atom. The zero-order valence-electron chi connectivity index (χ0n) is 10.2. The molecule has 0 fully saturated rings. The molecule has 0 bridgehead atoms. The van der Waals surface area contributed by atoms with Crippen molar-refractivity contribution in [1.29, 1.82) is 0 Å².